The summed E-state index contributed by atoms with van der Waals surface area (Å²) in [5.41, 5.74) is 1.18. The molecule has 6 heteroatoms. The molecule has 0 N–H and O–H groups in total. The number of halogens is 1. The molecule has 0 saturated carbocycles. The Kier molecular flexibility index (Phi) is 4.15. The Bertz CT molecular complexity index is 906. The molecule has 3 rings (SSSR count). The second-order valence-corrected chi connectivity index (χ2v) is 5.50. The first-order valence-corrected chi connectivity index (χ1v) is 7.47. The summed E-state index contributed by atoms with van der Waals surface area (Å²) in [5.74, 6) is 4.00. The molecule has 1 aromatic carbocycles. The Morgan fingerprint density at radius 2 is 1.83 bits per heavy atom. The molecule has 0 fully saturated rings. The first kappa shape index (κ1) is 15.9. The van der Waals surface area contributed by atoms with Gasteiger partial charge >= 0.3 is 0 Å². The Hall–Kier alpha value is -2.97. The lowest BCUT2D eigenvalue weighted by Gasteiger charge is -2.13. The van der Waals surface area contributed by atoms with E-state index < -0.39 is 24.1 Å². The summed E-state index contributed by atoms with van der Waals surface area (Å²) in [5, 5.41) is 0.136. The highest BCUT2D eigenvalue weighted by atomic mass is 35.5. The van der Waals surface area contributed by atoms with E-state index in [1.807, 2.05) is 0 Å². The summed E-state index contributed by atoms with van der Waals surface area (Å²) in [7, 11) is 0. The molecular weight excluding hydrogens is 328 g/mol. The van der Waals surface area contributed by atoms with Gasteiger partial charge < -0.3 is 0 Å². The van der Waals surface area contributed by atoms with Crippen LogP contribution < -0.4 is 0 Å². The number of amides is 2. The van der Waals surface area contributed by atoms with Crippen LogP contribution in [0.25, 0.3) is 0 Å². The topological polar surface area (TPSA) is 67.3 Å². The van der Waals surface area contributed by atoms with Gasteiger partial charge in [-0.05, 0) is 25.1 Å². The Balaban J connectivity index is 1.85. The number of carbonyl (C=O) groups is 3. The van der Waals surface area contributed by atoms with E-state index in [1.165, 1.54) is 12.3 Å². The normalized spacial score (nSPS) is 12.7. The molecule has 2 aromatic rings. The van der Waals surface area contributed by atoms with Gasteiger partial charge in [-0.15, -0.1) is 5.92 Å². The third-order valence-electron chi connectivity index (χ3n) is 3.55. The number of imide groups is 1. The van der Waals surface area contributed by atoms with E-state index in [0.717, 1.165) is 4.90 Å². The maximum absolute atomic E-state index is 12.4. The zero-order valence-corrected chi connectivity index (χ0v) is 13.4. The number of nitrogens with zero attached hydrogens (tertiary/aromatic N) is 2. The van der Waals surface area contributed by atoms with E-state index in [1.54, 1.807) is 31.2 Å². The SMILES string of the molecule is CC#Cc1cnc(C(=O)CN2C(=O)c3ccccc3C2=O)c(Cl)c1. The van der Waals surface area contributed by atoms with Gasteiger partial charge in [0, 0.05) is 11.8 Å². The quantitative estimate of drug-likeness (QED) is 0.490. The molecule has 2 amide bonds. The lowest BCUT2D eigenvalue weighted by molar-refractivity contribution is 0.0623. The van der Waals surface area contributed by atoms with E-state index >= 15 is 0 Å². The molecule has 1 aliphatic heterocycles. The summed E-state index contributed by atoms with van der Waals surface area (Å²) in [6.07, 6.45) is 1.43. The average molecular weight is 339 g/mol. The summed E-state index contributed by atoms with van der Waals surface area (Å²) >= 11 is 6.07. The second kappa shape index (κ2) is 6.26. The van der Waals surface area contributed by atoms with Crippen molar-refractivity contribution in [2.24, 2.45) is 0 Å². The Morgan fingerprint density at radius 1 is 1.21 bits per heavy atom. The van der Waals surface area contributed by atoms with Gasteiger partial charge in [0.2, 0.25) is 5.78 Å². The number of ketones is 1. The molecule has 2 heterocycles. The van der Waals surface area contributed by atoms with Crippen LogP contribution in [0.1, 0.15) is 43.7 Å². The molecule has 0 spiro atoms. The number of rotatable bonds is 3. The van der Waals surface area contributed by atoms with Crippen LogP contribution in [0.2, 0.25) is 5.02 Å². The van der Waals surface area contributed by atoms with Gasteiger partial charge in [-0.2, -0.15) is 0 Å². The predicted molar refractivity (Wildman–Crippen MR) is 87.9 cm³/mol. The third kappa shape index (κ3) is 2.68. The summed E-state index contributed by atoms with van der Waals surface area (Å²) in [4.78, 5) is 41.9. The first-order chi connectivity index (χ1) is 11.5. The van der Waals surface area contributed by atoms with Crippen molar-refractivity contribution in [1.82, 2.24) is 9.88 Å². The van der Waals surface area contributed by atoms with Crippen molar-refractivity contribution in [1.29, 1.82) is 0 Å². The fraction of sp³-hybridized carbons (Fsp3) is 0.111. The highest BCUT2D eigenvalue weighted by Crippen LogP contribution is 2.23. The summed E-state index contributed by atoms with van der Waals surface area (Å²) in [6, 6.07) is 7.98. The van der Waals surface area contributed by atoms with Crippen molar-refractivity contribution >= 4 is 29.2 Å². The van der Waals surface area contributed by atoms with Crippen LogP contribution in [0.3, 0.4) is 0 Å². The van der Waals surface area contributed by atoms with Gasteiger partial charge in [-0.25, -0.2) is 0 Å². The van der Waals surface area contributed by atoms with Gasteiger partial charge in [-0.1, -0.05) is 29.7 Å². The number of Topliss-reactive ketones (excluding diaryl/α,β-unsaturated/α-hetero) is 1. The Morgan fingerprint density at radius 3 is 2.38 bits per heavy atom. The maximum Gasteiger partial charge on any atom is 0.261 e. The van der Waals surface area contributed by atoms with E-state index in [4.69, 9.17) is 11.6 Å². The summed E-state index contributed by atoms with van der Waals surface area (Å²) in [6.45, 7) is 1.27. The molecule has 118 valence electrons. The Labute approximate surface area is 143 Å². The molecule has 24 heavy (non-hydrogen) atoms. The number of carbonyl (C=O) groups excluding carboxylic acids is 3. The van der Waals surface area contributed by atoms with Gasteiger partial charge in [0.05, 0.1) is 22.7 Å². The fourth-order valence-corrected chi connectivity index (χ4v) is 2.73. The monoisotopic (exact) mass is 338 g/mol. The number of hydrogen-bond donors (Lipinski definition) is 0. The van der Waals surface area contributed by atoms with Crippen LogP contribution in [-0.2, 0) is 0 Å². The molecule has 0 atom stereocenters. The minimum absolute atomic E-state index is 0.00914. The highest BCUT2D eigenvalue weighted by molar-refractivity contribution is 6.34. The number of hydrogen-bond acceptors (Lipinski definition) is 4. The number of aromatic nitrogens is 1. The molecule has 0 aliphatic carbocycles. The van der Waals surface area contributed by atoms with Crippen LogP contribution >= 0.6 is 11.6 Å². The maximum atomic E-state index is 12.4. The van der Waals surface area contributed by atoms with Gasteiger partial charge in [-0.3, -0.25) is 24.3 Å². The molecule has 5 nitrogen and oxygen atoms in total. The largest absolute Gasteiger partial charge is 0.290 e. The van der Waals surface area contributed by atoms with Gasteiger partial charge in [0.1, 0.15) is 5.69 Å². The van der Waals surface area contributed by atoms with Crippen molar-refractivity contribution < 1.29 is 14.4 Å². The van der Waals surface area contributed by atoms with Crippen molar-refractivity contribution in [3.63, 3.8) is 0 Å². The highest BCUT2D eigenvalue weighted by Gasteiger charge is 2.36. The van der Waals surface area contributed by atoms with Crippen LogP contribution in [0, 0.1) is 11.8 Å². The van der Waals surface area contributed by atoms with E-state index in [9.17, 15) is 14.4 Å². The van der Waals surface area contributed by atoms with E-state index in [-0.39, 0.29) is 10.7 Å². The predicted octanol–water partition coefficient (Wildman–Crippen LogP) is 2.59. The van der Waals surface area contributed by atoms with Crippen LogP contribution in [0.15, 0.2) is 36.5 Å². The first-order valence-electron chi connectivity index (χ1n) is 7.09. The lowest BCUT2D eigenvalue weighted by atomic mass is 10.1. The zero-order valence-electron chi connectivity index (χ0n) is 12.7. The van der Waals surface area contributed by atoms with Gasteiger partial charge in [0.15, 0.2) is 0 Å². The molecular formula is C18H11ClN2O3. The second-order valence-electron chi connectivity index (χ2n) is 5.09. The molecule has 0 saturated heterocycles. The molecule has 1 aromatic heterocycles. The number of benzene rings is 1. The number of fused-ring (bicyclic) bond motifs is 1. The molecule has 1 aliphatic rings. The average Bonchev–Trinajstić information content (AvgIpc) is 2.81. The molecule has 0 bridgehead atoms. The van der Waals surface area contributed by atoms with Crippen molar-refractivity contribution in [2.45, 2.75) is 6.92 Å². The smallest absolute Gasteiger partial charge is 0.261 e. The third-order valence-corrected chi connectivity index (χ3v) is 3.84. The van der Waals surface area contributed by atoms with Crippen molar-refractivity contribution in [3.05, 3.63) is 63.9 Å². The van der Waals surface area contributed by atoms with Gasteiger partial charge in [0.25, 0.3) is 11.8 Å². The lowest BCUT2D eigenvalue weighted by Crippen LogP contribution is -2.35. The minimum Gasteiger partial charge on any atom is -0.290 e. The van der Waals surface area contributed by atoms with Crippen molar-refractivity contribution in [3.8, 4) is 11.8 Å². The molecule has 0 radical (unpaired) electrons. The minimum atomic E-state index is -0.509. The fourth-order valence-electron chi connectivity index (χ4n) is 2.46. The van der Waals surface area contributed by atoms with Crippen LogP contribution in [-0.4, -0.2) is 34.0 Å². The van der Waals surface area contributed by atoms with E-state index in [0.29, 0.717) is 16.7 Å². The summed E-state index contributed by atoms with van der Waals surface area (Å²) < 4.78 is 0. The molecule has 0 unspecified atom stereocenters. The van der Waals surface area contributed by atoms with Crippen LogP contribution in [0.4, 0.5) is 0 Å². The van der Waals surface area contributed by atoms with Crippen molar-refractivity contribution in [2.75, 3.05) is 6.54 Å². The number of pyridine rings is 1. The van der Waals surface area contributed by atoms with Crippen LogP contribution in [0.5, 0.6) is 0 Å². The van der Waals surface area contributed by atoms with E-state index in [2.05, 4.69) is 16.8 Å². The standard InChI is InChI=1S/C18H11ClN2O3/c1-2-5-11-8-14(19)16(20-9-11)15(22)10-21-17(23)12-6-3-4-7-13(12)18(21)24/h3-4,6-9H,10H2,1H3. The zero-order chi connectivity index (χ0) is 17.3.